The van der Waals surface area contributed by atoms with Gasteiger partial charge in [-0.25, -0.2) is 0 Å². The fourth-order valence-corrected chi connectivity index (χ4v) is 2.60. The number of hydrogen-bond donors (Lipinski definition) is 1. The van der Waals surface area contributed by atoms with Crippen LogP contribution in [0.15, 0.2) is 48.5 Å². The lowest BCUT2D eigenvalue weighted by Crippen LogP contribution is -2.23. The molecule has 112 valence electrons. The molecule has 1 fully saturated rings. The lowest BCUT2D eigenvalue weighted by molar-refractivity contribution is -0.117. The van der Waals surface area contributed by atoms with E-state index in [2.05, 4.69) is 5.32 Å². The highest BCUT2D eigenvalue weighted by atomic mass is 35.5. The molecule has 0 saturated carbocycles. The van der Waals surface area contributed by atoms with Crippen molar-refractivity contribution in [3.05, 3.63) is 59.1 Å². The van der Waals surface area contributed by atoms with Crippen molar-refractivity contribution in [3.8, 4) is 0 Å². The van der Waals surface area contributed by atoms with Crippen molar-refractivity contribution in [1.29, 1.82) is 0 Å². The molecular weight excluding hydrogens is 300 g/mol. The SMILES string of the molecule is O=C(Nc1cccc(N2CCCC2=O)c1)c1ccc(Cl)cc1. The third-order valence-corrected chi connectivity index (χ3v) is 3.85. The maximum absolute atomic E-state index is 12.2. The monoisotopic (exact) mass is 314 g/mol. The van der Waals surface area contributed by atoms with Gasteiger partial charge in [0.25, 0.3) is 5.91 Å². The minimum Gasteiger partial charge on any atom is -0.322 e. The van der Waals surface area contributed by atoms with Gasteiger partial charge in [0, 0.05) is 34.9 Å². The highest BCUT2D eigenvalue weighted by molar-refractivity contribution is 6.30. The van der Waals surface area contributed by atoms with Gasteiger partial charge < -0.3 is 10.2 Å². The highest BCUT2D eigenvalue weighted by Gasteiger charge is 2.21. The maximum Gasteiger partial charge on any atom is 0.255 e. The molecule has 2 amide bonds. The zero-order valence-electron chi connectivity index (χ0n) is 11.9. The first kappa shape index (κ1) is 14.6. The van der Waals surface area contributed by atoms with Crippen LogP contribution in [0.1, 0.15) is 23.2 Å². The van der Waals surface area contributed by atoms with Crippen molar-refractivity contribution in [1.82, 2.24) is 0 Å². The molecule has 0 spiro atoms. The summed E-state index contributed by atoms with van der Waals surface area (Å²) < 4.78 is 0. The van der Waals surface area contributed by atoms with E-state index >= 15 is 0 Å². The fourth-order valence-electron chi connectivity index (χ4n) is 2.48. The third kappa shape index (κ3) is 3.12. The predicted octanol–water partition coefficient (Wildman–Crippen LogP) is 3.72. The Morgan fingerprint density at radius 2 is 1.91 bits per heavy atom. The minimum atomic E-state index is -0.207. The van der Waals surface area contributed by atoms with Gasteiger partial charge in [-0.05, 0) is 48.9 Å². The Morgan fingerprint density at radius 3 is 2.59 bits per heavy atom. The van der Waals surface area contributed by atoms with Crippen LogP contribution in [0.3, 0.4) is 0 Å². The number of benzene rings is 2. The normalized spacial score (nSPS) is 14.2. The maximum atomic E-state index is 12.2. The van der Waals surface area contributed by atoms with Crippen LogP contribution in [-0.2, 0) is 4.79 Å². The first-order valence-corrected chi connectivity index (χ1v) is 7.48. The number of rotatable bonds is 3. The summed E-state index contributed by atoms with van der Waals surface area (Å²) in [5, 5.41) is 3.43. The fraction of sp³-hybridized carbons (Fsp3) is 0.176. The van der Waals surface area contributed by atoms with E-state index in [0.717, 1.165) is 18.7 Å². The zero-order valence-corrected chi connectivity index (χ0v) is 12.6. The molecule has 4 nitrogen and oxygen atoms in total. The van der Waals surface area contributed by atoms with Crippen molar-refractivity contribution < 1.29 is 9.59 Å². The molecule has 1 heterocycles. The van der Waals surface area contributed by atoms with Crippen molar-refractivity contribution in [2.45, 2.75) is 12.8 Å². The molecule has 5 heteroatoms. The molecule has 1 saturated heterocycles. The van der Waals surface area contributed by atoms with E-state index in [-0.39, 0.29) is 11.8 Å². The average molecular weight is 315 g/mol. The zero-order chi connectivity index (χ0) is 15.5. The molecule has 0 bridgehead atoms. The third-order valence-electron chi connectivity index (χ3n) is 3.60. The number of carbonyl (C=O) groups is 2. The van der Waals surface area contributed by atoms with E-state index in [9.17, 15) is 9.59 Å². The van der Waals surface area contributed by atoms with E-state index in [1.807, 2.05) is 18.2 Å². The standard InChI is InChI=1S/C17H15ClN2O2/c18-13-8-6-12(7-9-13)17(22)19-14-3-1-4-15(11-14)20-10-2-5-16(20)21/h1,3-4,6-9,11H,2,5,10H2,(H,19,22). The Bertz CT molecular complexity index is 713. The van der Waals surface area contributed by atoms with Gasteiger partial charge in [-0.2, -0.15) is 0 Å². The number of hydrogen-bond acceptors (Lipinski definition) is 2. The summed E-state index contributed by atoms with van der Waals surface area (Å²) in [7, 11) is 0. The first-order valence-electron chi connectivity index (χ1n) is 7.11. The molecule has 0 radical (unpaired) electrons. The lowest BCUT2D eigenvalue weighted by atomic mass is 10.2. The molecule has 2 aromatic carbocycles. The van der Waals surface area contributed by atoms with Gasteiger partial charge in [0.05, 0.1) is 0 Å². The molecule has 1 N–H and O–H groups in total. The Balaban J connectivity index is 1.76. The Kier molecular flexibility index (Phi) is 4.11. The molecule has 0 atom stereocenters. The Labute approximate surface area is 133 Å². The van der Waals surface area contributed by atoms with Gasteiger partial charge in [0.2, 0.25) is 5.91 Å². The van der Waals surface area contributed by atoms with Crippen LogP contribution in [0.25, 0.3) is 0 Å². The molecule has 3 rings (SSSR count). The summed E-state index contributed by atoms with van der Waals surface area (Å²) in [4.78, 5) is 25.7. The number of amides is 2. The van der Waals surface area contributed by atoms with E-state index in [1.165, 1.54) is 0 Å². The molecule has 0 aliphatic carbocycles. The molecule has 0 aromatic heterocycles. The average Bonchev–Trinajstić information content (AvgIpc) is 2.94. The molecular formula is C17H15ClN2O2. The van der Waals surface area contributed by atoms with Gasteiger partial charge in [-0.1, -0.05) is 17.7 Å². The van der Waals surface area contributed by atoms with E-state index in [0.29, 0.717) is 22.7 Å². The topological polar surface area (TPSA) is 49.4 Å². The van der Waals surface area contributed by atoms with Gasteiger partial charge in [-0.3, -0.25) is 9.59 Å². The van der Waals surface area contributed by atoms with Crippen LogP contribution in [0.5, 0.6) is 0 Å². The van der Waals surface area contributed by atoms with Gasteiger partial charge in [0.15, 0.2) is 0 Å². The van der Waals surface area contributed by atoms with Gasteiger partial charge in [-0.15, -0.1) is 0 Å². The molecule has 1 aliphatic heterocycles. The Morgan fingerprint density at radius 1 is 1.14 bits per heavy atom. The van der Waals surface area contributed by atoms with Crippen molar-refractivity contribution >= 4 is 34.8 Å². The Hall–Kier alpha value is -2.33. The minimum absolute atomic E-state index is 0.126. The van der Waals surface area contributed by atoms with E-state index < -0.39 is 0 Å². The van der Waals surface area contributed by atoms with Crippen LogP contribution < -0.4 is 10.2 Å². The van der Waals surface area contributed by atoms with Crippen LogP contribution in [0.2, 0.25) is 5.02 Å². The van der Waals surface area contributed by atoms with Crippen LogP contribution >= 0.6 is 11.6 Å². The van der Waals surface area contributed by atoms with E-state index in [4.69, 9.17) is 11.6 Å². The number of carbonyl (C=O) groups excluding carboxylic acids is 2. The summed E-state index contributed by atoms with van der Waals surface area (Å²) in [6.07, 6.45) is 1.46. The van der Waals surface area contributed by atoms with Crippen LogP contribution in [0, 0.1) is 0 Å². The highest BCUT2D eigenvalue weighted by Crippen LogP contribution is 2.24. The van der Waals surface area contributed by atoms with Crippen molar-refractivity contribution in [2.75, 3.05) is 16.8 Å². The van der Waals surface area contributed by atoms with Crippen molar-refractivity contribution in [3.63, 3.8) is 0 Å². The summed E-state index contributed by atoms with van der Waals surface area (Å²) >= 11 is 5.81. The predicted molar refractivity (Wildman–Crippen MR) is 87.4 cm³/mol. The first-order chi connectivity index (χ1) is 10.6. The number of nitrogens with one attached hydrogen (secondary N) is 1. The lowest BCUT2D eigenvalue weighted by Gasteiger charge is -2.16. The van der Waals surface area contributed by atoms with E-state index in [1.54, 1.807) is 35.2 Å². The molecule has 1 aliphatic rings. The summed E-state index contributed by atoms with van der Waals surface area (Å²) in [5.41, 5.74) is 2.01. The largest absolute Gasteiger partial charge is 0.322 e. The van der Waals surface area contributed by atoms with Gasteiger partial charge in [0.1, 0.15) is 0 Å². The smallest absolute Gasteiger partial charge is 0.255 e. The number of nitrogens with zero attached hydrogens (tertiary/aromatic N) is 1. The summed E-state index contributed by atoms with van der Waals surface area (Å²) in [6.45, 7) is 0.730. The van der Waals surface area contributed by atoms with Crippen molar-refractivity contribution in [2.24, 2.45) is 0 Å². The molecule has 22 heavy (non-hydrogen) atoms. The molecule has 2 aromatic rings. The van der Waals surface area contributed by atoms with Gasteiger partial charge >= 0.3 is 0 Å². The molecule has 0 unspecified atom stereocenters. The van der Waals surface area contributed by atoms with Crippen LogP contribution in [0.4, 0.5) is 11.4 Å². The summed E-state index contributed by atoms with van der Waals surface area (Å²) in [5.74, 6) is -0.0808. The second-order valence-corrected chi connectivity index (χ2v) is 5.60. The second-order valence-electron chi connectivity index (χ2n) is 5.16. The number of anilines is 2. The number of halogens is 1. The van der Waals surface area contributed by atoms with Crippen LogP contribution in [-0.4, -0.2) is 18.4 Å². The quantitative estimate of drug-likeness (QED) is 0.938. The summed E-state index contributed by atoms with van der Waals surface area (Å²) in [6, 6.07) is 14.0. The second kappa shape index (κ2) is 6.20.